The lowest BCUT2D eigenvalue weighted by Gasteiger charge is -2.24. The van der Waals surface area contributed by atoms with Gasteiger partial charge in [0.25, 0.3) is 0 Å². The number of hydrogen-bond acceptors (Lipinski definition) is 2. The highest BCUT2D eigenvalue weighted by molar-refractivity contribution is 6.30. The molecule has 0 amide bonds. The van der Waals surface area contributed by atoms with Crippen LogP contribution < -0.4 is 4.74 Å². The van der Waals surface area contributed by atoms with E-state index in [1.807, 2.05) is 30.3 Å². The van der Waals surface area contributed by atoms with Gasteiger partial charge in [0.1, 0.15) is 5.75 Å². The standard InChI is InChI=1S/C25H24ClFO2/c1-25(13-14-25)22(19-8-10-20(26)11-9-19)17-28-16-18-7-12-23(27)24(15-18)29-21-5-3-2-4-6-21/h2-12,15,22H,13-14,16-17H2,1H3. The van der Waals surface area contributed by atoms with Gasteiger partial charge >= 0.3 is 0 Å². The second-order valence-corrected chi connectivity index (χ2v) is 8.39. The average molecular weight is 411 g/mol. The minimum atomic E-state index is -0.387. The summed E-state index contributed by atoms with van der Waals surface area (Å²) in [7, 11) is 0. The summed E-state index contributed by atoms with van der Waals surface area (Å²) in [5.41, 5.74) is 2.41. The summed E-state index contributed by atoms with van der Waals surface area (Å²) < 4.78 is 25.9. The molecule has 29 heavy (non-hydrogen) atoms. The van der Waals surface area contributed by atoms with Crippen LogP contribution in [0, 0.1) is 11.2 Å². The van der Waals surface area contributed by atoms with Crippen molar-refractivity contribution in [2.45, 2.75) is 32.3 Å². The van der Waals surface area contributed by atoms with E-state index >= 15 is 0 Å². The molecule has 4 rings (SSSR count). The van der Waals surface area contributed by atoms with E-state index in [2.05, 4.69) is 19.1 Å². The SMILES string of the molecule is CC1(C(COCc2ccc(F)c(Oc3ccccc3)c2)c2ccc(Cl)cc2)CC1. The Kier molecular flexibility index (Phi) is 5.89. The van der Waals surface area contributed by atoms with Gasteiger partial charge in [-0.2, -0.15) is 0 Å². The third-order valence-corrected chi connectivity index (χ3v) is 5.92. The van der Waals surface area contributed by atoms with Crippen LogP contribution in [0.25, 0.3) is 0 Å². The second-order valence-electron chi connectivity index (χ2n) is 7.95. The molecule has 1 unspecified atom stereocenters. The van der Waals surface area contributed by atoms with Crippen molar-refractivity contribution in [2.24, 2.45) is 5.41 Å². The molecular formula is C25H24ClFO2. The molecule has 0 radical (unpaired) electrons. The summed E-state index contributed by atoms with van der Waals surface area (Å²) in [5, 5.41) is 0.742. The molecule has 3 aromatic rings. The van der Waals surface area contributed by atoms with Crippen LogP contribution in [0.1, 0.15) is 36.8 Å². The first kappa shape index (κ1) is 19.9. The highest BCUT2D eigenvalue weighted by Gasteiger charge is 2.45. The Morgan fingerprint density at radius 3 is 2.41 bits per heavy atom. The van der Waals surface area contributed by atoms with Crippen LogP contribution in [0.15, 0.2) is 72.8 Å². The number of halogens is 2. The molecule has 1 atom stereocenters. The van der Waals surface area contributed by atoms with E-state index in [4.69, 9.17) is 21.1 Å². The molecule has 0 heterocycles. The number of benzene rings is 3. The fourth-order valence-electron chi connectivity index (χ4n) is 3.57. The molecule has 4 heteroatoms. The summed E-state index contributed by atoms with van der Waals surface area (Å²) >= 11 is 6.04. The van der Waals surface area contributed by atoms with Crippen LogP contribution >= 0.6 is 11.6 Å². The predicted octanol–water partition coefficient (Wildman–Crippen LogP) is 7.37. The summed E-state index contributed by atoms with van der Waals surface area (Å²) in [6.45, 7) is 3.33. The Bertz CT molecular complexity index is 952. The van der Waals surface area contributed by atoms with Crippen molar-refractivity contribution in [3.05, 3.63) is 94.8 Å². The predicted molar refractivity (Wildman–Crippen MR) is 114 cm³/mol. The van der Waals surface area contributed by atoms with E-state index in [1.165, 1.54) is 24.5 Å². The number of para-hydroxylation sites is 1. The van der Waals surface area contributed by atoms with Gasteiger partial charge in [0.05, 0.1) is 13.2 Å². The Balaban J connectivity index is 1.41. The maximum Gasteiger partial charge on any atom is 0.165 e. The van der Waals surface area contributed by atoms with E-state index in [9.17, 15) is 4.39 Å². The van der Waals surface area contributed by atoms with Crippen molar-refractivity contribution in [1.29, 1.82) is 0 Å². The molecule has 2 nitrogen and oxygen atoms in total. The normalized spacial score (nSPS) is 15.7. The van der Waals surface area contributed by atoms with E-state index in [0.29, 0.717) is 24.9 Å². The molecule has 0 aromatic heterocycles. The molecular weight excluding hydrogens is 387 g/mol. The molecule has 0 bridgehead atoms. The van der Waals surface area contributed by atoms with Crippen LogP contribution in [-0.2, 0) is 11.3 Å². The van der Waals surface area contributed by atoms with E-state index in [0.717, 1.165) is 10.6 Å². The molecule has 1 aliphatic carbocycles. The van der Waals surface area contributed by atoms with E-state index < -0.39 is 0 Å². The van der Waals surface area contributed by atoms with E-state index in [-0.39, 0.29) is 17.0 Å². The monoisotopic (exact) mass is 410 g/mol. The lowest BCUT2D eigenvalue weighted by atomic mass is 9.85. The Hall–Kier alpha value is -2.36. The highest BCUT2D eigenvalue weighted by Crippen LogP contribution is 2.55. The zero-order chi connectivity index (χ0) is 20.3. The first-order valence-corrected chi connectivity index (χ1v) is 10.3. The van der Waals surface area contributed by atoms with Crippen molar-refractivity contribution >= 4 is 11.6 Å². The van der Waals surface area contributed by atoms with Gasteiger partial charge in [0.2, 0.25) is 0 Å². The van der Waals surface area contributed by atoms with Gasteiger partial charge in [0.15, 0.2) is 11.6 Å². The van der Waals surface area contributed by atoms with Crippen molar-refractivity contribution < 1.29 is 13.9 Å². The van der Waals surface area contributed by atoms with Gasteiger partial charge in [-0.05, 0) is 65.8 Å². The first-order valence-electron chi connectivity index (χ1n) is 9.88. The summed E-state index contributed by atoms with van der Waals surface area (Å²) in [6.07, 6.45) is 2.41. The minimum absolute atomic E-state index is 0.209. The van der Waals surface area contributed by atoms with Crippen LogP contribution in [0.2, 0.25) is 5.02 Å². The fraction of sp³-hybridized carbons (Fsp3) is 0.280. The van der Waals surface area contributed by atoms with Gasteiger partial charge in [-0.3, -0.25) is 0 Å². The first-order chi connectivity index (χ1) is 14.0. The zero-order valence-electron chi connectivity index (χ0n) is 16.4. The average Bonchev–Trinajstić information content (AvgIpc) is 3.47. The molecule has 150 valence electrons. The summed E-state index contributed by atoms with van der Waals surface area (Å²) in [5.74, 6) is 0.747. The Morgan fingerprint density at radius 2 is 1.72 bits per heavy atom. The van der Waals surface area contributed by atoms with Gasteiger partial charge in [-0.25, -0.2) is 4.39 Å². The zero-order valence-corrected chi connectivity index (χ0v) is 17.2. The van der Waals surface area contributed by atoms with Crippen molar-refractivity contribution in [3.8, 4) is 11.5 Å². The molecule has 1 fully saturated rings. The number of ether oxygens (including phenoxy) is 2. The molecule has 0 N–H and O–H groups in total. The van der Waals surface area contributed by atoms with Gasteiger partial charge in [-0.15, -0.1) is 0 Å². The maximum absolute atomic E-state index is 14.1. The van der Waals surface area contributed by atoms with Gasteiger partial charge in [0, 0.05) is 10.9 Å². The molecule has 0 aliphatic heterocycles. The van der Waals surface area contributed by atoms with E-state index in [1.54, 1.807) is 24.3 Å². The third kappa shape index (κ3) is 4.98. The number of hydrogen-bond donors (Lipinski definition) is 0. The lowest BCUT2D eigenvalue weighted by molar-refractivity contribution is 0.0897. The molecule has 0 saturated heterocycles. The van der Waals surface area contributed by atoms with Crippen molar-refractivity contribution in [1.82, 2.24) is 0 Å². The second kappa shape index (κ2) is 8.56. The molecule has 0 spiro atoms. The van der Waals surface area contributed by atoms with Gasteiger partial charge < -0.3 is 9.47 Å². The molecule has 1 saturated carbocycles. The van der Waals surface area contributed by atoms with Gasteiger partial charge in [-0.1, -0.05) is 54.9 Å². The maximum atomic E-state index is 14.1. The lowest BCUT2D eigenvalue weighted by Crippen LogP contribution is -2.17. The fourth-order valence-corrected chi connectivity index (χ4v) is 3.69. The van der Waals surface area contributed by atoms with Crippen molar-refractivity contribution in [2.75, 3.05) is 6.61 Å². The quantitative estimate of drug-likeness (QED) is 0.386. The van der Waals surface area contributed by atoms with Crippen LogP contribution in [-0.4, -0.2) is 6.61 Å². The summed E-state index contributed by atoms with van der Waals surface area (Å²) in [4.78, 5) is 0. The summed E-state index contributed by atoms with van der Waals surface area (Å²) in [6, 6.07) is 22.1. The Labute approximate surface area is 176 Å². The van der Waals surface area contributed by atoms with Crippen molar-refractivity contribution in [3.63, 3.8) is 0 Å². The third-order valence-electron chi connectivity index (χ3n) is 5.67. The number of rotatable bonds is 8. The smallest absolute Gasteiger partial charge is 0.165 e. The Morgan fingerprint density at radius 1 is 1.00 bits per heavy atom. The van der Waals surface area contributed by atoms with Crippen LogP contribution in [0.5, 0.6) is 11.5 Å². The topological polar surface area (TPSA) is 18.5 Å². The van der Waals surface area contributed by atoms with Crippen LogP contribution in [0.4, 0.5) is 4.39 Å². The highest BCUT2D eigenvalue weighted by atomic mass is 35.5. The minimum Gasteiger partial charge on any atom is -0.454 e. The molecule has 1 aliphatic rings. The molecule has 3 aromatic carbocycles. The van der Waals surface area contributed by atoms with Crippen LogP contribution in [0.3, 0.4) is 0 Å². The largest absolute Gasteiger partial charge is 0.454 e.